The van der Waals surface area contributed by atoms with Crippen molar-refractivity contribution in [1.29, 1.82) is 0 Å². The molecule has 1 saturated heterocycles. The summed E-state index contributed by atoms with van der Waals surface area (Å²) in [4.78, 5) is 0. The van der Waals surface area contributed by atoms with Gasteiger partial charge in [-0.25, -0.2) is 0 Å². The lowest BCUT2D eigenvalue weighted by atomic mass is 9.91. The normalized spacial score (nSPS) is 17.7. The molecule has 1 heterocycles. The van der Waals surface area contributed by atoms with Gasteiger partial charge in [-0.05, 0) is 76.7 Å². The van der Waals surface area contributed by atoms with Gasteiger partial charge in [0.25, 0.3) is 0 Å². The van der Waals surface area contributed by atoms with Gasteiger partial charge < -0.3 is 10.1 Å². The zero-order valence-corrected chi connectivity index (χ0v) is 11.8. The molecule has 18 heavy (non-hydrogen) atoms. The second kappa shape index (κ2) is 5.75. The Balaban J connectivity index is 1.90. The summed E-state index contributed by atoms with van der Waals surface area (Å²) in [5.41, 5.74) is 1.32. The maximum atomic E-state index is 5.84. The van der Waals surface area contributed by atoms with E-state index in [1.807, 2.05) is 0 Å². The molecule has 2 rings (SSSR count). The van der Waals surface area contributed by atoms with E-state index in [-0.39, 0.29) is 5.60 Å². The molecule has 0 unspecified atom stereocenters. The third kappa shape index (κ3) is 4.34. The van der Waals surface area contributed by atoms with Gasteiger partial charge in [0.15, 0.2) is 0 Å². The number of ether oxygens (including phenoxy) is 1. The van der Waals surface area contributed by atoms with Crippen molar-refractivity contribution in [3.63, 3.8) is 0 Å². The predicted octanol–water partition coefficient (Wildman–Crippen LogP) is 3.41. The van der Waals surface area contributed by atoms with Gasteiger partial charge in [-0.1, -0.05) is 12.1 Å². The van der Waals surface area contributed by atoms with E-state index in [9.17, 15) is 0 Å². The SMILES string of the molecule is CC(C)(C)Oc1ccc(CC2CCNCC2)cc1. The average Bonchev–Trinajstić information content (AvgIpc) is 2.31. The topological polar surface area (TPSA) is 21.3 Å². The summed E-state index contributed by atoms with van der Waals surface area (Å²) in [7, 11) is 0. The quantitative estimate of drug-likeness (QED) is 0.884. The zero-order chi connectivity index (χ0) is 13.0. The smallest absolute Gasteiger partial charge is 0.120 e. The molecule has 1 aliphatic rings. The Morgan fingerprint density at radius 2 is 1.72 bits per heavy atom. The van der Waals surface area contributed by atoms with Crippen LogP contribution in [0.2, 0.25) is 0 Å². The molecule has 0 aromatic heterocycles. The van der Waals surface area contributed by atoms with Crippen LogP contribution in [0, 0.1) is 5.92 Å². The summed E-state index contributed by atoms with van der Waals surface area (Å²) < 4.78 is 5.84. The van der Waals surface area contributed by atoms with E-state index in [1.54, 1.807) is 0 Å². The Bertz CT molecular complexity index is 358. The second-order valence-electron chi connectivity index (χ2n) is 6.26. The zero-order valence-electron chi connectivity index (χ0n) is 11.8. The molecule has 0 spiro atoms. The van der Waals surface area contributed by atoms with E-state index in [2.05, 4.69) is 50.4 Å². The third-order valence-electron chi connectivity index (χ3n) is 3.33. The number of hydrogen-bond donors (Lipinski definition) is 1. The minimum Gasteiger partial charge on any atom is -0.488 e. The van der Waals surface area contributed by atoms with E-state index in [0.717, 1.165) is 11.7 Å². The highest BCUT2D eigenvalue weighted by atomic mass is 16.5. The van der Waals surface area contributed by atoms with Crippen molar-refractivity contribution in [2.45, 2.75) is 45.6 Å². The van der Waals surface area contributed by atoms with Crippen LogP contribution in [0.15, 0.2) is 24.3 Å². The molecule has 1 aromatic carbocycles. The lowest BCUT2D eigenvalue weighted by Gasteiger charge is -2.23. The molecule has 100 valence electrons. The van der Waals surface area contributed by atoms with Crippen molar-refractivity contribution < 1.29 is 4.74 Å². The van der Waals surface area contributed by atoms with Crippen LogP contribution < -0.4 is 10.1 Å². The van der Waals surface area contributed by atoms with Crippen molar-refractivity contribution in [3.8, 4) is 5.75 Å². The number of benzene rings is 1. The van der Waals surface area contributed by atoms with Crippen LogP contribution in [0.25, 0.3) is 0 Å². The summed E-state index contributed by atoms with van der Waals surface area (Å²) >= 11 is 0. The van der Waals surface area contributed by atoms with Gasteiger partial charge in [-0.15, -0.1) is 0 Å². The van der Waals surface area contributed by atoms with Crippen LogP contribution in [0.5, 0.6) is 5.75 Å². The molecule has 0 atom stereocenters. The highest BCUT2D eigenvalue weighted by Gasteiger charge is 2.14. The van der Waals surface area contributed by atoms with Gasteiger partial charge >= 0.3 is 0 Å². The fourth-order valence-electron chi connectivity index (χ4n) is 2.47. The van der Waals surface area contributed by atoms with Gasteiger partial charge in [0.05, 0.1) is 0 Å². The minimum absolute atomic E-state index is 0.115. The summed E-state index contributed by atoms with van der Waals surface area (Å²) in [6.45, 7) is 8.59. The molecule has 1 aliphatic heterocycles. The molecule has 1 aromatic rings. The van der Waals surface area contributed by atoms with Crippen LogP contribution in [-0.2, 0) is 6.42 Å². The van der Waals surface area contributed by atoms with Crippen molar-refractivity contribution in [1.82, 2.24) is 5.32 Å². The van der Waals surface area contributed by atoms with Crippen molar-refractivity contribution >= 4 is 0 Å². The van der Waals surface area contributed by atoms with Crippen molar-refractivity contribution in [3.05, 3.63) is 29.8 Å². The first kappa shape index (κ1) is 13.4. The average molecular weight is 247 g/mol. The number of rotatable bonds is 3. The Morgan fingerprint density at radius 1 is 1.11 bits per heavy atom. The van der Waals surface area contributed by atoms with Crippen LogP contribution in [0.4, 0.5) is 0 Å². The van der Waals surface area contributed by atoms with E-state index in [0.29, 0.717) is 0 Å². The summed E-state index contributed by atoms with van der Waals surface area (Å²) in [6, 6.07) is 8.62. The van der Waals surface area contributed by atoms with Crippen molar-refractivity contribution in [2.24, 2.45) is 5.92 Å². The standard InChI is InChI=1S/C16H25NO/c1-16(2,3)18-15-6-4-13(5-7-15)12-14-8-10-17-11-9-14/h4-7,14,17H,8-12H2,1-3H3. The monoisotopic (exact) mass is 247 g/mol. The van der Waals surface area contributed by atoms with E-state index in [1.165, 1.54) is 37.9 Å². The molecule has 1 fully saturated rings. The van der Waals surface area contributed by atoms with Crippen LogP contribution in [-0.4, -0.2) is 18.7 Å². The van der Waals surface area contributed by atoms with Gasteiger partial charge in [0.1, 0.15) is 11.4 Å². The van der Waals surface area contributed by atoms with Gasteiger partial charge in [-0.2, -0.15) is 0 Å². The molecule has 1 N–H and O–H groups in total. The van der Waals surface area contributed by atoms with Crippen molar-refractivity contribution in [2.75, 3.05) is 13.1 Å². The Labute approximate surface area is 111 Å². The van der Waals surface area contributed by atoms with Crippen LogP contribution in [0.3, 0.4) is 0 Å². The summed E-state index contributed by atoms with van der Waals surface area (Å²) in [5.74, 6) is 1.82. The molecule has 0 bridgehead atoms. The first-order valence-corrected chi connectivity index (χ1v) is 7.02. The molecule has 2 heteroatoms. The first-order valence-electron chi connectivity index (χ1n) is 7.02. The highest BCUT2D eigenvalue weighted by molar-refractivity contribution is 5.28. The fraction of sp³-hybridized carbons (Fsp3) is 0.625. The molecular formula is C16H25NO. The van der Waals surface area contributed by atoms with Gasteiger partial charge in [0.2, 0.25) is 0 Å². The molecule has 2 nitrogen and oxygen atoms in total. The second-order valence-corrected chi connectivity index (χ2v) is 6.26. The van der Waals surface area contributed by atoms with E-state index in [4.69, 9.17) is 4.74 Å². The lowest BCUT2D eigenvalue weighted by Crippen LogP contribution is -2.28. The van der Waals surface area contributed by atoms with Crippen LogP contribution >= 0.6 is 0 Å². The van der Waals surface area contributed by atoms with E-state index < -0.39 is 0 Å². The largest absolute Gasteiger partial charge is 0.488 e. The Kier molecular flexibility index (Phi) is 4.28. The minimum atomic E-state index is -0.115. The number of nitrogens with one attached hydrogen (secondary N) is 1. The maximum absolute atomic E-state index is 5.84. The molecule has 0 saturated carbocycles. The Morgan fingerprint density at radius 3 is 2.28 bits per heavy atom. The molecular weight excluding hydrogens is 222 g/mol. The maximum Gasteiger partial charge on any atom is 0.120 e. The molecule has 0 amide bonds. The molecule has 0 radical (unpaired) electrons. The molecule has 0 aliphatic carbocycles. The fourth-order valence-corrected chi connectivity index (χ4v) is 2.47. The lowest BCUT2D eigenvalue weighted by molar-refractivity contribution is 0.131. The predicted molar refractivity (Wildman–Crippen MR) is 76.1 cm³/mol. The number of hydrogen-bond acceptors (Lipinski definition) is 2. The van der Waals surface area contributed by atoms with Gasteiger partial charge in [0, 0.05) is 0 Å². The third-order valence-corrected chi connectivity index (χ3v) is 3.33. The highest BCUT2D eigenvalue weighted by Crippen LogP contribution is 2.22. The summed E-state index contributed by atoms with van der Waals surface area (Å²) in [6.07, 6.45) is 3.82. The van der Waals surface area contributed by atoms with Gasteiger partial charge in [-0.3, -0.25) is 0 Å². The summed E-state index contributed by atoms with van der Waals surface area (Å²) in [5, 5.41) is 3.42. The van der Waals surface area contributed by atoms with E-state index >= 15 is 0 Å². The first-order chi connectivity index (χ1) is 8.53. The number of piperidine rings is 1. The van der Waals surface area contributed by atoms with Crippen LogP contribution in [0.1, 0.15) is 39.2 Å². The Hall–Kier alpha value is -1.02.